The molecule has 1 atom stereocenters. The second-order valence-electron chi connectivity index (χ2n) is 3.71. The summed E-state index contributed by atoms with van der Waals surface area (Å²) in [4.78, 5) is 6.48. The van der Waals surface area contributed by atoms with E-state index in [4.69, 9.17) is 4.74 Å². The Morgan fingerprint density at radius 2 is 2.57 bits per heavy atom. The zero-order valence-corrected chi connectivity index (χ0v) is 7.94. The van der Waals surface area contributed by atoms with E-state index in [2.05, 4.69) is 15.2 Å². The maximum atomic E-state index is 5.65. The van der Waals surface area contributed by atoms with Crippen molar-refractivity contribution in [2.45, 2.75) is 6.04 Å². The molecule has 4 nitrogen and oxygen atoms in total. The third kappa shape index (κ3) is 1.14. The molecule has 0 radical (unpaired) electrons. The summed E-state index contributed by atoms with van der Waals surface area (Å²) in [5.74, 6) is 0.922. The van der Waals surface area contributed by atoms with Crippen LogP contribution in [0.25, 0.3) is 0 Å². The summed E-state index contributed by atoms with van der Waals surface area (Å²) in [6, 6.07) is 2.52. The highest BCUT2D eigenvalue weighted by atomic mass is 16.5. The Hall–Kier alpha value is -1.29. The fraction of sp³-hybridized carbons (Fsp3) is 0.500. The summed E-state index contributed by atoms with van der Waals surface area (Å²) in [6.45, 7) is 3.90. The van der Waals surface area contributed by atoms with Crippen LogP contribution < -0.4 is 15.0 Å². The molecule has 2 aliphatic heterocycles. The molecule has 0 amide bonds. The van der Waals surface area contributed by atoms with Crippen molar-refractivity contribution in [1.82, 2.24) is 10.3 Å². The standard InChI is InChI=1S/C10H13N3O/c1-2-11-6-10-9(1)13-4-3-12-5-8(13)7-14-10/h1-2,6,8,12H,3-5,7H2. The second kappa shape index (κ2) is 3.13. The highest BCUT2D eigenvalue weighted by Gasteiger charge is 2.29. The number of aromatic nitrogens is 1. The minimum absolute atomic E-state index is 0.485. The molecule has 1 unspecified atom stereocenters. The minimum Gasteiger partial charge on any atom is -0.488 e. The fourth-order valence-electron chi connectivity index (χ4n) is 2.13. The number of hydrogen-bond donors (Lipinski definition) is 1. The normalized spacial score (nSPS) is 24.9. The number of piperazine rings is 1. The van der Waals surface area contributed by atoms with Gasteiger partial charge in [-0.3, -0.25) is 4.98 Å². The van der Waals surface area contributed by atoms with Crippen molar-refractivity contribution < 1.29 is 4.74 Å². The average Bonchev–Trinajstić information content (AvgIpc) is 2.29. The minimum atomic E-state index is 0.485. The first-order chi connectivity index (χ1) is 6.95. The van der Waals surface area contributed by atoms with Gasteiger partial charge in [0.1, 0.15) is 6.61 Å². The van der Waals surface area contributed by atoms with Crippen LogP contribution in [0.15, 0.2) is 18.5 Å². The van der Waals surface area contributed by atoms with Gasteiger partial charge in [-0.1, -0.05) is 0 Å². The SMILES string of the molecule is c1cc2c(cn1)OCC1CNCCN21. The fourth-order valence-corrected chi connectivity index (χ4v) is 2.13. The summed E-state index contributed by atoms with van der Waals surface area (Å²) in [5, 5.41) is 3.38. The summed E-state index contributed by atoms with van der Waals surface area (Å²) >= 11 is 0. The van der Waals surface area contributed by atoms with Crippen LogP contribution in [0.1, 0.15) is 0 Å². The molecule has 3 heterocycles. The van der Waals surface area contributed by atoms with E-state index in [1.165, 1.54) is 5.69 Å². The topological polar surface area (TPSA) is 37.4 Å². The molecular formula is C10H13N3O. The van der Waals surface area contributed by atoms with Crippen LogP contribution in [0, 0.1) is 0 Å². The largest absolute Gasteiger partial charge is 0.488 e. The molecule has 0 aliphatic carbocycles. The highest BCUT2D eigenvalue weighted by Crippen LogP contribution is 2.32. The molecule has 4 heteroatoms. The molecule has 74 valence electrons. The zero-order chi connectivity index (χ0) is 9.38. The summed E-state index contributed by atoms with van der Waals surface area (Å²) in [6.07, 6.45) is 3.63. The number of fused-ring (bicyclic) bond motifs is 3. The molecule has 0 spiro atoms. The van der Waals surface area contributed by atoms with Crippen molar-refractivity contribution in [3.63, 3.8) is 0 Å². The number of anilines is 1. The Morgan fingerprint density at radius 1 is 1.57 bits per heavy atom. The van der Waals surface area contributed by atoms with Gasteiger partial charge in [0, 0.05) is 25.8 Å². The number of rotatable bonds is 0. The molecule has 1 aromatic rings. The molecule has 1 fully saturated rings. The number of ether oxygens (including phenoxy) is 1. The Balaban J connectivity index is 1.99. The van der Waals surface area contributed by atoms with Crippen LogP contribution in [-0.2, 0) is 0 Å². The Kier molecular flexibility index (Phi) is 1.80. The first kappa shape index (κ1) is 8.05. The van der Waals surface area contributed by atoms with Crippen molar-refractivity contribution in [3.05, 3.63) is 18.5 Å². The molecule has 2 aliphatic rings. The molecule has 0 bridgehead atoms. The maximum Gasteiger partial charge on any atom is 0.160 e. The lowest BCUT2D eigenvalue weighted by Crippen LogP contribution is -2.55. The maximum absolute atomic E-state index is 5.65. The first-order valence-corrected chi connectivity index (χ1v) is 4.99. The zero-order valence-electron chi connectivity index (χ0n) is 7.94. The van der Waals surface area contributed by atoms with E-state index in [9.17, 15) is 0 Å². The molecule has 0 saturated carbocycles. The predicted molar refractivity (Wildman–Crippen MR) is 53.7 cm³/mol. The highest BCUT2D eigenvalue weighted by molar-refractivity contribution is 5.59. The molecule has 1 aromatic heterocycles. The van der Waals surface area contributed by atoms with Crippen LogP contribution in [0.2, 0.25) is 0 Å². The summed E-state index contributed by atoms with van der Waals surface area (Å²) < 4.78 is 5.65. The first-order valence-electron chi connectivity index (χ1n) is 4.99. The van der Waals surface area contributed by atoms with Gasteiger partial charge in [0.05, 0.1) is 17.9 Å². The van der Waals surface area contributed by atoms with Crippen LogP contribution in [-0.4, -0.2) is 37.3 Å². The average molecular weight is 191 g/mol. The second-order valence-corrected chi connectivity index (χ2v) is 3.71. The van der Waals surface area contributed by atoms with Gasteiger partial charge in [0.2, 0.25) is 0 Å². The van der Waals surface area contributed by atoms with E-state index in [0.29, 0.717) is 6.04 Å². The summed E-state index contributed by atoms with van der Waals surface area (Å²) in [5.41, 5.74) is 1.19. The smallest absolute Gasteiger partial charge is 0.160 e. The van der Waals surface area contributed by atoms with E-state index in [1.807, 2.05) is 12.3 Å². The molecule has 1 N–H and O–H groups in total. The third-order valence-corrected chi connectivity index (χ3v) is 2.85. The molecular weight excluding hydrogens is 178 g/mol. The van der Waals surface area contributed by atoms with Gasteiger partial charge >= 0.3 is 0 Å². The molecule has 3 rings (SSSR count). The van der Waals surface area contributed by atoms with E-state index in [-0.39, 0.29) is 0 Å². The van der Waals surface area contributed by atoms with Crippen LogP contribution in [0.5, 0.6) is 5.75 Å². The molecule has 1 saturated heterocycles. The number of nitrogens with one attached hydrogen (secondary N) is 1. The van der Waals surface area contributed by atoms with Crippen LogP contribution in [0.3, 0.4) is 0 Å². The third-order valence-electron chi connectivity index (χ3n) is 2.85. The van der Waals surface area contributed by atoms with Crippen molar-refractivity contribution in [2.24, 2.45) is 0 Å². The van der Waals surface area contributed by atoms with Gasteiger partial charge < -0.3 is 15.0 Å². The lowest BCUT2D eigenvalue weighted by Gasteiger charge is -2.41. The van der Waals surface area contributed by atoms with Gasteiger partial charge in [-0.25, -0.2) is 0 Å². The van der Waals surface area contributed by atoms with Crippen molar-refractivity contribution >= 4 is 5.69 Å². The van der Waals surface area contributed by atoms with Crippen molar-refractivity contribution in [1.29, 1.82) is 0 Å². The summed E-state index contributed by atoms with van der Waals surface area (Å²) in [7, 11) is 0. The Morgan fingerprint density at radius 3 is 3.57 bits per heavy atom. The van der Waals surface area contributed by atoms with E-state index in [1.54, 1.807) is 6.20 Å². The van der Waals surface area contributed by atoms with E-state index >= 15 is 0 Å². The van der Waals surface area contributed by atoms with E-state index < -0.39 is 0 Å². The molecule has 0 aromatic carbocycles. The quantitative estimate of drug-likeness (QED) is 0.638. The van der Waals surface area contributed by atoms with Gasteiger partial charge in [-0.05, 0) is 6.07 Å². The molecule has 14 heavy (non-hydrogen) atoms. The van der Waals surface area contributed by atoms with Crippen molar-refractivity contribution in [3.8, 4) is 5.75 Å². The number of nitrogens with zero attached hydrogens (tertiary/aromatic N) is 2. The van der Waals surface area contributed by atoms with Gasteiger partial charge in [-0.2, -0.15) is 0 Å². The number of pyridine rings is 1. The van der Waals surface area contributed by atoms with Gasteiger partial charge in [-0.15, -0.1) is 0 Å². The van der Waals surface area contributed by atoms with Crippen LogP contribution in [0.4, 0.5) is 5.69 Å². The lowest BCUT2D eigenvalue weighted by atomic mass is 10.1. The Bertz CT molecular complexity index is 342. The van der Waals surface area contributed by atoms with Crippen LogP contribution >= 0.6 is 0 Å². The van der Waals surface area contributed by atoms with Gasteiger partial charge in [0.15, 0.2) is 5.75 Å². The number of hydrogen-bond acceptors (Lipinski definition) is 4. The van der Waals surface area contributed by atoms with Gasteiger partial charge in [0.25, 0.3) is 0 Å². The predicted octanol–water partition coefficient (Wildman–Crippen LogP) is 0.252. The monoisotopic (exact) mass is 191 g/mol. The lowest BCUT2D eigenvalue weighted by molar-refractivity contribution is 0.246. The Labute approximate surface area is 82.9 Å². The van der Waals surface area contributed by atoms with Crippen molar-refractivity contribution in [2.75, 3.05) is 31.1 Å². The van der Waals surface area contributed by atoms with E-state index in [0.717, 1.165) is 32.0 Å².